The number of likely N-dealkylation sites (N-methyl/N-ethyl adjacent to an activating group) is 1. The van der Waals surface area contributed by atoms with Crippen LogP contribution in [0.1, 0.15) is 6.92 Å². The molecule has 0 aliphatic rings. The number of amides is 1. The number of esters is 1. The maximum atomic E-state index is 13.0. The van der Waals surface area contributed by atoms with Crippen LogP contribution >= 0.6 is 0 Å². The zero-order valence-electron chi connectivity index (χ0n) is 10.2. The van der Waals surface area contributed by atoms with E-state index in [0.717, 1.165) is 4.90 Å². The molecular formula is C12H15FN2O3. The first-order chi connectivity index (χ1) is 8.47. The Balaban J connectivity index is 2.81. The van der Waals surface area contributed by atoms with Gasteiger partial charge in [0.25, 0.3) is 5.91 Å². The number of hydrogen-bond acceptors (Lipinski definition) is 4. The molecule has 1 unspecified atom stereocenters. The average molecular weight is 254 g/mol. The van der Waals surface area contributed by atoms with E-state index < -0.39 is 23.7 Å². The summed E-state index contributed by atoms with van der Waals surface area (Å²) in [6, 6.07) is 4.03. The Labute approximate surface area is 104 Å². The van der Waals surface area contributed by atoms with Gasteiger partial charge in [-0.2, -0.15) is 0 Å². The fraction of sp³-hybridized carbons (Fsp3) is 0.333. The van der Waals surface area contributed by atoms with Crippen LogP contribution in [0.25, 0.3) is 0 Å². The Kier molecular flexibility index (Phi) is 4.79. The van der Waals surface area contributed by atoms with E-state index in [2.05, 4.69) is 4.74 Å². The molecular weight excluding hydrogens is 239 g/mol. The molecule has 5 nitrogen and oxygen atoms in total. The fourth-order valence-corrected chi connectivity index (χ4v) is 1.35. The van der Waals surface area contributed by atoms with Crippen LogP contribution in [0.3, 0.4) is 0 Å². The molecule has 0 spiro atoms. The molecule has 1 rings (SSSR count). The largest absolute Gasteiger partial charge is 0.464 e. The van der Waals surface area contributed by atoms with Crippen molar-refractivity contribution in [2.75, 3.05) is 18.6 Å². The molecule has 0 aliphatic heterocycles. The molecule has 1 atom stereocenters. The van der Waals surface area contributed by atoms with Crippen molar-refractivity contribution in [3.05, 3.63) is 30.1 Å². The quantitative estimate of drug-likeness (QED) is 0.633. The van der Waals surface area contributed by atoms with E-state index in [9.17, 15) is 14.0 Å². The second kappa shape index (κ2) is 6.11. The summed E-state index contributed by atoms with van der Waals surface area (Å²) in [5.41, 5.74) is 5.78. The van der Waals surface area contributed by atoms with Gasteiger partial charge in [-0.15, -0.1) is 0 Å². The van der Waals surface area contributed by atoms with Crippen molar-refractivity contribution >= 4 is 17.6 Å². The number of carbonyl (C=O) groups is 2. The van der Waals surface area contributed by atoms with Crippen LogP contribution in [0.5, 0.6) is 0 Å². The second-order valence-corrected chi connectivity index (χ2v) is 3.61. The molecule has 1 aromatic rings. The summed E-state index contributed by atoms with van der Waals surface area (Å²) in [4.78, 5) is 24.3. The van der Waals surface area contributed by atoms with Gasteiger partial charge >= 0.3 is 5.97 Å². The number of anilines is 1. The van der Waals surface area contributed by atoms with Crippen LogP contribution in [0, 0.1) is 5.82 Å². The molecule has 0 bridgehead atoms. The average Bonchev–Trinajstić information content (AvgIpc) is 2.36. The van der Waals surface area contributed by atoms with Crippen molar-refractivity contribution in [2.45, 2.75) is 13.0 Å². The maximum absolute atomic E-state index is 13.0. The van der Waals surface area contributed by atoms with Gasteiger partial charge in [0.1, 0.15) is 5.82 Å². The van der Waals surface area contributed by atoms with E-state index >= 15 is 0 Å². The minimum absolute atomic E-state index is 0.142. The number of carbonyl (C=O) groups excluding carboxylic acids is 2. The van der Waals surface area contributed by atoms with Gasteiger partial charge in [0.2, 0.25) is 0 Å². The van der Waals surface area contributed by atoms with Gasteiger partial charge in [0.05, 0.1) is 6.61 Å². The molecule has 0 saturated carbocycles. The summed E-state index contributed by atoms with van der Waals surface area (Å²) in [6.07, 6.45) is 0. The first kappa shape index (κ1) is 14.1. The smallest absolute Gasteiger partial charge is 0.332 e. The SMILES string of the molecule is CCOC(=O)C(N)C(=O)N(C)c1cccc(F)c1. The lowest BCUT2D eigenvalue weighted by atomic mass is 10.2. The van der Waals surface area contributed by atoms with Crippen LogP contribution in [-0.2, 0) is 14.3 Å². The predicted octanol–water partition coefficient (Wildman–Crippen LogP) is 0.679. The van der Waals surface area contributed by atoms with Gasteiger partial charge in [-0.3, -0.25) is 4.79 Å². The van der Waals surface area contributed by atoms with Crippen molar-refractivity contribution in [2.24, 2.45) is 5.73 Å². The summed E-state index contributed by atoms with van der Waals surface area (Å²) < 4.78 is 17.7. The Morgan fingerprint density at radius 2 is 2.17 bits per heavy atom. The van der Waals surface area contributed by atoms with Gasteiger partial charge in [0, 0.05) is 12.7 Å². The Morgan fingerprint density at radius 1 is 1.50 bits per heavy atom. The van der Waals surface area contributed by atoms with Crippen molar-refractivity contribution in [1.29, 1.82) is 0 Å². The number of hydrogen-bond donors (Lipinski definition) is 1. The van der Waals surface area contributed by atoms with E-state index in [0.29, 0.717) is 5.69 Å². The Hall–Kier alpha value is -1.95. The highest BCUT2D eigenvalue weighted by molar-refractivity contribution is 6.09. The number of halogens is 1. The third-order valence-electron chi connectivity index (χ3n) is 2.33. The summed E-state index contributed by atoms with van der Waals surface area (Å²) in [7, 11) is 1.41. The number of ether oxygens (including phenoxy) is 1. The van der Waals surface area contributed by atoms with Crippen LogP contribution in [-0.4, -0.2) is 31.6 Å². The minimum atomic E-state index is -1.40. The minimum Gasteiger partial charge on any atom is -0.464 e. The maximum Gasteiger partial charge on any atom is 0.332 e. The molecule has 0 fully saturated rings. The summed E-state index contributed by atoms with van der Waals surface area (Å²) in [5.74, 6) is -1.93. The van der Waals surface area contributed by atoms with Gasteiger partial charge in [-0.05, 0) is 25.1 Å². The van der Waals surface area contributed by atoms with E-state index in [1.807, 2.05) is 0 Å². The zero-order valence-corrected chi connectivity index (χ0v) is 10.2. The molecule has 0 aliphatic carbocycles. The molecule has 18 heavy (non-hydrogen) atoms. The number of rotatable bonds is 4. The molecule has 0 heterocycles. The lowest BCUT2D eigenvalue weighted by Crippen LogP contribution is -2.47. The third kappa shape index (κ3) is 3.27. The number of nitrogens with two attached hydrogens (primary N) is 1. The Bertz CT molecular complexity index is 451. The molecule has 6 heteroatoms. The third-order valence-corrected chi connectivity index (χ3v) is 2.33. The molecule has 0 saturated heterocycles. The van der Waals surface area contributed by atoms with Gasteiger partial charge in [0.15, 0.2) is 6.04 Å². The summed E-state index contributed by atoms with van der Waals surface area (Å²) in [6.45, 7) is 1.76. The first-order valence-corrected chi connectivity index (χ1v) is 5.42. The lowest BCUT2D eigenvalue weighted by Gasteiger charge is -2.20. The van der Waals surface area contributed by atoms with Crippen LogP contribution in [0.15, 0.2) is 24.3 Å². The van der Waals surface area contributed by atoms with E-state index in [1.165, 1.54) is 25.2 Å². The van der Waals surface area contributed by atoms with Crippen molar-refractivity contribution in [1.82, 2.24) is 0 Å². The number of benzene rings is 1. The van der Waals surface area contributed by atoms with Crippen molar-refractivity contribution in [3.63, 3.8) is 0 Å². The highest BCUT2D eigenvalue weighted by atomic mass is 19.1. The van der Waals surface area contributed by atoms with Crippen LogP contribution < -0.4 is 10.6 Å². The second-order valence-electron chi connectivity index (χ2n) is 3.61. The standard InChI is InChI=1S/C12H15FN2O3/c1-3-18-12(17)10(14)11(16)15(2)9-6-4-5-8(13)7-9/h4-7,10H,3,14H2,1-2H3. The molecule has 1 amide bonds. The monoisotopic (exact) mass is 254 g/mol. The van der Waals surface area contributed by atoms with Crippen LogP contribution in [0.2, 0.25) is 0 Å². The van der Waals surface area contributed by atoms with Crippen molar-refractivity contribution in [3.8, 4) is 0 Å². The molecule has 1 aromatic carbocycles. The topological polar surface area (TPSA) is 72.6 Å². The highest BCUT2D eigenvalue weighted by Gasteiger charge is 2.27. The molecule has 2 N–H and O–H groups in total. The fourth-order valence-electron chi connectivity index (χ4n) is 1.35. The molecule has 0 radical (unpaired) electrons. The summed E-state index contributed by atoms with van der Waals surface area (Å²) >= 11 is 0. The highest BCUT2D eigenvalue weighted by Crippen LogP contribution is 2.14. The first-order valence-electron chi connectivity index (χ1n) is 5.42. The predicted molar refractivity (Wildman–Crippen MR) is 64.4 cm³/mol. The van der Waals surface area contributed by atoms with Crippen molar-refractivity contribution < 1.29 is 18.7 Å². The molecule has 98 valence electrons. The van der Waals surface area contributed by atoms with Gasteiger partial charge in [-0.25, -0.2) is 9.18 Å². The van der Waals surface area contributed by atoms with E-state index in [1.54, 1.807) is 13.0 Å². The number of nitrogens with zero attached hydrogens (tertiary/aromatic N) is 1. The van der Waals surface area contributed by atoms with E-state index in [4.69, 9.17) is 5.73 Å². The lowest BCUT2D eigenvalue weighted by molar-refractivity contribution is -0.147. The van der Waals surface area contributed by atoms with Gasteiger partial charge in [-0.1, -0.05) is 6.07 Å². The van der Waals surface area contributed by atoms with E-state index in [-0.39, 0.29) is 6.61 Å². The molecule has 0 aromatic heterocycles. The van der Waals surface area contributed by atoms with Gasteiger partial charge < -0.3 is 15.4 Å². The Morgan fingerprint density at radius 3 is 2.72 bits per heavy atom. The van der Waals surface area contributed by atoms with Crippen LogP contribution in [0.4, 0.5) is 10.1 Å². The summed E-state index contributed by atoms with van der Waals surface area (Å²) in [5, 5.41) is 0. The zero-order chi connectivity index (χ0) is 13.7. The normalized spacial score (nSPS) is 11.8.